The molecule has 0 aliphatic rings. The average molecular weight is 344 g/mol. The van der Waals surface area contributed by atoms with Gasteiger partial charge in [0.15, 0.2) is 6.10 Å². The number of ether oxygens (including phenoxy) is 1. The first-order valence-corrected chi connectivity index (χ1v) is 8.53. The van der Waals surface area contributed by atoms with Gasteiger partial charge >= 0.3 is 5.97 Å². The summed E-state index contributed by atoms with van der Waals surface area (Å²) in [7, 11) is 0. The van der Waals surface area contributed by atoms with Crippen LogP contribution in [0.4, 0.5) is 0 Å². The van der Waals surface area contributed by atoms with E-state index in [1.807, 2.05) is 67.6 Å². The summed E-state index contributed by atoms with van der Waals surface area (Å²) in [5.74, 6) is -0.650. The Kier molecular flexibility index (Phi) is 5.59. The van der Waals surface area contributed by atoms with Crippen LogP contribution in [0, 0.1) is 6.92 Å². The van der Waals surface area contributed by atoms with Crippen molar-refractivity contribution in [2.24, 2.45) is 0 Å². The molecule has 0 radical (unpaired) electrons. The molecule has 0 bridgehead atoms. The molecule has 0 saturated heterocycles. The highest BCUT2D eigenvalue weighted by molar-refractivity contribution is 6.01. The van der Waals surface area contributed by atoms with E-state index in [4.69, 9.17) is 4.74 Å². The fourth-order valence-corrected chi connectivity index (χ4v) is 2.71. The second kappa shape index (κ2) is 8.26. The van der Waals surface area contributed by atoms with Gasteiger partial charge in [-0.2, -0.15) is 0 Å². The van der Waals surface area contributed by atoms with Crippen LogP contribution >= 0.6 is 0 Å². The van der Waals surface area contributed by atoms with Crippen molar-refractivity contribution in [3.63, 3.8) is 0 Å². The summed E-state index contributed by atoms with van der Waals surface area (Å²) in [6.45, 7) is 1.96. The van der Waals surface area contributed by atoms with Gasteiger partial charge in [0.2, 0.25) is 5.78 Å². The predicted octanol–water partition coefficient (Wildman–Crippen LogP) is 4.70. The van der Waals surface area contributed by atoms with E-state index in [1.165, 1.54) is 0 Å². The van der Waals surface area contributed by atoms with E-state index in [1.54, 1.807) is 24.3 Å². The van der Waals surface area contributed by atoms with Crippen molar-refractivity contribution in [3.05, 3.63) is 107 Å². The molecule has 0 spiro atoms. The van der Waals surface area contributed by atoms with Gasteiger partial charge < -0.3 is 4.74 Å². The molecule has 0 amide bonds. The number of ketones is 1. The van der Waals surface area contributed by atoms with Crippen molar-refractivity contribution in [2.45, 2.75) is 19.4 Å². The van der Waals surface area contributed by atoms with E-state index in [2.05, 4.69) is 0 Å². The standard InChI is InChI=1S/C23H20O3/c1-17-12-14-19(15-13-17)22(25)23(20-10-6-3-7-11-20)26-21(24)16-18-8-4-2-5-9-18/h2-15,23H,16H2,1H3. The molecule has 3 rings (SSSR count). The summed E-state index contributed by atoms with van der Waals surface area (Å²) < 4.78 is 5.60. The molecule has 26 heavy (non-hydrogen) atoms. The number of hydrogen-bond donors (Lipinski definition) is 0. The van der Waals surface area contributed by atoms with Crippen LogP contribution in [0.25, 0.3) is 0 Å². The van der Waals surface area contributed by atoms with Crippen LogP contribution in [0.2, 0.25) is 0 Å². The molecule has 3 heteroatoms. The zero-order valence-corrected chi connectivity index (χ0v) is 14.6. The molecule has 0 aromatic heterocycles. The predicted molar refractivity (Wildman–Crippen MR) is 101 cm³/mol. The van der Waals surface area contributed by atoms with Crippen molar-refractivity contribution >= 4 is 11.8 Å². The largest absolute Gasteiger partial charge is 0.449 e. The first kappa shape index (κ1) is 17.6. The van der Waals surface area contributed by atoms with Crippen molar-refractivity contribution in [2.75, 3.05) is 0 Å². The lowest BCUT2D eigenvalue weighted by Crippen LogP contribution is -2.21. The number of carbonyl (C=O) groups excluding carboxylic acids is 2. The van der Waals surface area contributed by atoms with Gasteiger partial charge in [-0.1, -0.05) is 90.5 Å². The SMILES string of the molecule is Cc1ccc(C(=O)C(OC(=O)Cc2ccccc2)c2ccccc2)cc1. The smallest absolute Gasteiger partial charge is 0.311 e. The lowest BCUT2D eigenvalue weighted by atomic mass is 9.99. The first-order chi connectivity index (χ1) is 12.6. The lowest BCUT2D eigenvalue weighted by Gasteiger charge is -2.17. The first-order valence-electron chi connectivity index (χ1n) is 8.53. The summed E-state index contributed by atoms with van der Waals surface area (Å²) in [6.07, 6.45) is -0.819. The molecule has 3 nitrogen and oxygen atoms in total. The van der Waals surface area contributed by atoms with E-state index in [0.717, 1.165) is 11.1 Å². The Bertz CT molecular complexity index is 868. The third-order valence-electron chi connectivity index (χ3n) is 4.12. The van der Waals surface area contributed by atoms with Crippen molar-refractivity contribution in [3.8, 4) is 0 Å². The molecular weight excluding hydrogens is 324 g/mol. The number of Topliss-reactive ketones (excluding diaryl/α,β-unsaturated/α-hetero) is 1. The molecule has 0 fully saturated rings. The maximum atomic E-state index is 13.0. The normalized spacial score (nSPS) is 11.6. The zero-order chi connectivity index (χ0) is 18.4. The topological polar surface area (TPSA) is 43.4 Å². The minimum absolute atomic E-state index is 0.130. The lowest BCUT2D eigenvalue weighted by molar-refractivity contribution is -0.146. The van der Waals surface area contributed by atoms with Gasteiger partial charge in [0.25, 0.3) is 0 Å². The van der Waals surface area contributed by atoms with Gasteiger partial charge in [-0.15, -0.1) is 0 Å². The second-order valence-electron chi connectivity index (χ2n) is 6.17. The third kappa shape index (κ3) is 4.45. The van der Waals surface area contributed by atoms with Gasteiger partial charge in [-0.05, 0) is 12.5 Å². The minimum Gasteiger partial charge on any atom is -0.449 e. The average Bonchev–Trinajstić information content (AvgIpc) is 2.68. The van der Waals surface area contributed by atoms with Crippen LogP contribution in [-0.2, 0) is 16.0 Å². The van der Waals surface area contributed by atoms with Crippen LogP contribution in [0.15, 0.2) is 84.9 Å². The van der Waals surface area contributed by atoms with E-state index in [0.29, 0.717) is 11.1 Å². The molecule has 3 aromatic rings. The molecule has 0 aliphatic carbocycles. The monoisotopic (exact) mass is 344 g/mol. The molecule has 0 N–H and O–H groups in total. The quantitative estimate of drug-likeness (QED) is 0.481. The summed E-state index contributed by atoms with van der Waals surface area (Å²) in [4.78, 5) is 25.4. The molecule has 0 aliphatic heterocycles. The molecule has 1 unspecified atom stereocenters. The number of hydrogen-bond acceptors (Lipinski definition) is 3. The van der Waals surface area contributed by atoms with Crippen LogP contribution in [0.1, 0.15) is 33.2 Å². The molecule has 3 aromatic carbocycles. The fraction of sp³-hybridized carbons (Fsp3) is 0.130. The summed E-state index contributed by atoms with van der Waals surface area (Å²) >= 11 is 0. The molecule has 0 heterocycles. The maximum absolute atomic E-state index is 13.0. The highest BCUT2D eigenvalue weighted by atomic mass is 16.5. The van der Waals surface area contributed by atoms with E-state index in [-0.39, 0.29) is 12.2 Å². The van der Waals surface area contributed by atoms with Crippen LogP contribution in [0.3, 0.4) is 0 Å². The maximum Gasteiger partial charge on any atom is 0.311 e. The molecule has 0 saturated carbocycles. The fourth-order valence-electron chi connectivity index (χ4n) is 2.71. The number of aryl methyl sites for hydroxylation is 1. The van der Waals surface area contributed by atoms with E-state index < -0.39 is 12.1 Å². The summed E-state index contributed by atoms with van der Waals surface area (Å²) in [5, 5.41) is 0. The van der Waals surface area contributed by atoms with Crippen LogP contribution in [0.5, 0.6) is 0 Å². The molecule has 1 atom stereocenters. The Morgan fingerprint density at radius 3 is 2.00 bits per heavy atom. The zero-order valence-electron chi connectivity index (χ0n) is 14.6. The Morgan fingerprint density at radius 1 is 0.808 bits per heavy atom. The van der Waals surface area contributed by atoms with Crippen LogP contribution < -0.4 is 0 Å². The number of carbonyl (C=O) groups is 2. The highest BCUT2D eigenvalue weighted by Gasteiger charge is 2.26. The molecule has 130 valence electrons. The Hall–Kier alpha value is -3.20. The summed E-state index contributed by atoms with van der Waals surface area (Å²) in [6, 6.07) is 25.7. The molecular formula is C23H20O3. The van der Waals surface area contributed by atoms with Crippen molar-refractivity contribution in [1.82, 2.24) is 0 Å². The van der Waals surface area contributed by atoms with Crippen molar-refractivity contribution in [1.29, 1.82) is 0 Å². The highest BCUT2D eigenvalue weighted by Crippen LogP contribution is 2.23. The Balaban J connectivity index is 1.83. The summed E-state index contributed by atoms with van der Waals surface area (Å²) in [5.41, 5.74) is 3.11. The van der Waals surface area contributed by atoms with Crippen LogP contribution in [-0.4, -0.2) is 11.8 Å². The third-order valence-corrected chi connectivity index (χ3v) is 4.12. The van der Waals surface area contributed by atoms with Gasteiger partial charge in [0, 0.05) is 11.1 Å². The Morgan fingerprint density at radius 2 is 1.38 bits per heavy atom. The Labute approximate surface area is 153 Å². The number of esters is 1. The van der Waals surface area contributed by atoms with Gasteiger partial charge in [0.05, 0.1) is 6.42 Å². The van der Waals surface area contributed by atoms with Crippen molar-refractivity contribution < 1.29 is 14.3 Å². The number of benzene rings is 3. The van der Waals surface area contributed by atoms with Gasteiger partial charge in [-0.25, -0.2) is 0 Å². The van der Waals surface area contributed by atoms with Gasteiger partial charge in [-0.3, -0.25) is 9.59 Å². The number of rotatable bonds is 6. The van der Waals surface area contributed by atoms with Gasteiger partial charge in [0.1, 0.15) is 0 Å². The second-order valence-corrected chi connectivity index (χ2v) is 6.17. The minimum atomic E-state index is -0.949. The van der Waals surface area contributed by atoms with E-state index >= 15 is 0 Å². The van der Waals surface area contributed by atoms with E-state index in [9.17, 15) is 9.59 Å².